The molecule has 0 radical (unpaired) electrons. The molecule has 4 nitrogen and oxygen atoms in total. The predicted molar refractivity (Wildman–Crippen MR) is 113 cm³/mol. The number of pyridine rings is 1. The quantitative estimate of drug-likeness (QED) is 0.544. The molecule has 0 aliphatic rings. The zero-order valence-electron chi connectivity index (χ0n) is 15.5. The zero-order valence-corrected chi connectivity index (χ0v) is 17.1. The number of halogens is 1. The van der Waals surface area contributed by atoms with Crippen LogP contribution in [-0.2, 0) is 4.79 Å². The van der Waals surface area contributed by atoms with Gasteiger partial charge in [0.15, 0.2) is 0 Å². The summed E-state index contributed by atoms with van der Waals surface area (Å²) in [5.41, 5.74) is 3.95. The maximum Gasteiger partial charge on any atom is 0.225 e. The maximum atomic E-state index is 12.3. The number of carbonyl (C=O) groups excluding carboxylic acids is 1. The molecule has 0 atom stereocenters. The van der Waals surface area contributed by atoms with Crippen LogP contribution < -0.4 is 10.1 Å². The predicted octanol–water partition coefficient (Wildman–Crippen LogP) is 5.63. The number of para-hydroxylation sites is 1. The third-order valence-electron chi connectivity index (χ3n) is 4.24. The Morgan fingerprint density at radius 2 is 2.00 bits per heavy atom. The van der Waals surface area contributed by atoms with Crippen LogP contribution in [-0.4, -0.2) is 23.8 Å². The van der Waals surface area contributed by atoms with Crippen molar-refractivity contribution in [3.63, 3.8) is 0 Å². The van der Waals surface area contributed by atoms with Crippen molar-refractivity contribution < 1.29 is 9.53 Å². The fraction of sp³-hybridized carbons (Fsp3) is 0.238. The Balaban J connectivity index is 1.63. The molecule has 0 saturated heterocycles. The topological polar surface area (TPSA) is 51.2 Å². The number of hydrogen-bond acceptors (Lipinski definition) is 4. The molecule has 1 N–H and O–H groups in total. The number of fused-ring (bicyclic) bond motifs is 1. The number of rotatable bonds is 6. The van der Waals surface area contributed by atoms with Crippen LogP contribution in [0.3, 0.4) is 0 Å². The van der Waals surface area contributed by atoms with E-state index in [1.54, 1.807) is 37.1 Å². The molecule has 0 aliphatic carbocycles. The highest BCUT2D eigenvalue weighted by Gasteiger charge is 2.10. The Morgan fingerprint density at radius 1 is 1.19 bits per heavy atom. The number of methoxy groups -OCH3 is 1. The molecule has 140 valence electrons. The molecule has 0 saturated carbocycles. The summed E-state index contributed by atoms with van der Waals surface area (Å²) in [5, 5.41) is 5.51. The first-order valence-corrected chi connectivity index (χ1v) is 9.97. The van der Waals surface area contributed by atoms with E-state index in [-0.39, 0.29) is 5.91 Å². The van der Waals surface area contributed by atoms with E-state index in [1.807, 2.05) is 6.07 Å². The van der Waals surface area contributed by atoms with Crippen LogP contribution in [0.5, 0.6) is 5.75 Å². The third kappa shape index (κ3) is 4.73. The number of aromatic nitrogens is 1. The van der Waals surface area contributed by atoms with Gasteiger partial charge in [-0.3, -0.25) is 4.79 Å². The Kier molecular flexibility index (Phi) is 6.24. The number of nitrogens with zero attached hydrogens (tertiary/aromatic N) is 1. The van der Waals surface area contributed by atoms with Gasteiger partial charge in [0.05, 0.1) is 23.3 Å². The van der Waals surface area contributed by atoms with Gasteiger partial charge in [-0.15, -0.1) is 11.8 Å². The summed E-state index contributed by atoms with van der Waals surface area (Å²) < 4.78 is 5.25. The summed E-state index contributed by atoms with van der Waals surface area (Å²) in [6.45, 7) is 4.15. The standard InChI is InChI=1S/C21H21ClN2O2S/c1-13-5-4-6-16-14(2)11-20(24-21(13)16)27-10-9-19(25)23-17-12-15(22)7-8-18(17)26-3/h4-8,11-12H,9-10H2,1-3H3,(H,23,25). The van der Waals surface area contributed by atoms with Crippen LogP contribution in [0, 0.1) is 13.8 Å². The molecule has 0 unspecified atom stereocenters. The van der Waals surface area contributed by atoms with Crippen LogP contribution in [0.2, 0.25) is 5.02 Å². The summed E-state index contributed by atoms with van der Waals surface area (Å²) in [7, 11) is 1.56. The molecule has 0 fully saturated rings. The summed E-state index contributed by atoms with van der Waals surface area (Å²) in [6, 6.07) is 13.4. The fourth-order valence-electron chi connectivity index (χ4n) is 2.84. The zero-order chi connectivity index (χ0) is 19.4. The molecule has 3 rings (SSSR count). The molecule has 1 amide bonds. The highest BCUT2D eigenvalue weighted by Crippen LogP contribution is 2.29. The SMILES string of the molecule is COc1ccc(Cl)cc1NC(=O)CCSc1cc(C)c2cccc(C)c2n1. The van der Waals surface area contributed by atoms with E-state index in [2.05, 4.69) is 37.4 Å². The summed E-state index contributed by atoms with van der Waals surface area (Å²) in [6.07, 6.45) is 0.368. The van der Waals surface area contributed by atoms with Gasteiger partial charge in [0.25, 0.3) is 0 Å². The number of ether oxygens (including phenoxy) is 1. The Hall–Kier alpha value is -2.24. The maximum absolute atomic E-state index is 12.3. The third-order valence-corrected chi connectivity index (χ3v) is 5.39. The minimum absolute atomic E-state index is 0.0863. The highest BCUT2D eigenvalue weighted by atomic mass is 35.5. The number of aryl methyl sites for hydroxylation is 2. The van der Waals surface area contributed by atoms with E-state index < -0.39 is 0 Å². The molecular formula is C21H21ClN2O2S. The monoisotopic (exact) mass is 400 g/mol. The van der Waals surface area contributed by atoms with Crippen molar-refractivity contribution in [1.82, 2.24) is 4.98 Å². The van der Waals surface area contributed by atoms with Gasteiger partial charge in [-0.2, -0.15) is 0 Å². The van der Waals surface area contributed by atoms with Gasteiger partial charge in [0.1, 0.15) is 5.75 Å². The molecule has 2 aromatic carbocycles. The number of hydrogen-bond donors (Lipinski definition) is 1. The number of carbonyl (C=O) groups is 1. The van der Waals surface area contributed by atoms with E-state index in [1.165, 1.54) is 10.9 Å². The average molecular weight is 401 g/mol. The number of thioether (sulfide) groups is 1. The van der Waals surface area contributed by atoms with Crippen LogP contribution in [0.4, 0.5) is 5.69 Å². The van der Waals surface area contributed by atoms with Crippen molar-refractivity contribution in [2.24, 2.45) is 0 Å². The second kappa shape index (κ2) is 8.63. The van der Waals surface area contributed by atoms with Crippen molar-refractivity contribution in [1.29, 1.82) is 0 Å². The van der Waals surface area contributed by atoms with E-state index in [9.17, 15) is 4.79 Å². The van der Waals surface area contributed by atoms with E-state index in [0.717, 1.165) is 16.1 Å². The van der Waals surface area contributed by atoms with Gasteiger partial charge >= 0.3 is 0 Å². The van der Waals surface area contributed by atoms with E-state index in [4.69, 9.17) is 21.3 Å². The number of amides is 1. The number of nitrogens with one attached hydrogen (secondary N) is 1. The summed E-state index contributed by atoms with van der Waals surface area (Å²) in [5.74, 6) is 1.14. The van der Waals surface area contributed by atoms with Crippen LogP contribution >= 0.6 is 23.4 Å². The molecule has 27 heavy (non-hydrogen) atoms. The summed E-state index contributed by atoms with van der Waals surface area (Å²) in [4.78, 5) is 17.0. The molecule has 0 bridgehead atoms. The molecule has 3 aromatic rings. The molecule has 1 aromatic heterocycles. The first kappa shape index (κ1) is 19.5. The lowest BCUT2D eigenvalue weighted by molar-refractivity contribution is -0.115. The highest BCUT2D eigenvalue weighted by molar-refractivity contribution is 7.99. The van der Waals surface area contributed by atoms with Crippen molar-refractivity contribution >= 4 is 45.9 Å². The first-order chi connectivity index (χ1) is 13.0. The first-order valence-electron chi connectivity index (χ1n) is 8.61. The lowest BCUT2D eigenvalue weighted by atomic mass is 10.1. The fourth-order valence-corrected chi connectivity index (χ4v) is 3.93. The Morgan fingerprint density at radius 3 is 2.78 bits per heavy atom. The molecule has 0 spiro atoms. The van der Waals surface area contributed by atoms with E-state index in [0.29, 0.717) is 28.6 Å². The Labute approximate surface area is 168 Å². The van der Waals surface area contributed by atoms with Gasteiger partial charge in [0.2, 0.25) is 5.91 Å². The van der Waals surface area contributed by atoms with Crippen LogP contribution in [0.15, 0.2) is 47.5 Å². The minimum Gasteiger partial charge on any atom is -0.495 e. The van der Waals surface area contributed by atoms with Gasteiger partial charge in [-0.1, -0.05) is 29.8 Å². The smallest absolute Gasteiger partial charge is 0.225 e. The van der Waals surface area contributed by atoms with Gasteiger partial charge in [-0.25, -0.2) is 4.98 Å². The van der Waals surface area contributed by atoms with Gasteiger partial charge in [-0.05, 0) is 49.2 Å². The van der Waals surface area contributed by atoms with Crippen molar-refractivity contribution in [2.75, 3.05) is 18.2 Å². The Bertz CT molecular complexity index is 991. The molecule has 6 heteroatoms. The second-order valence-corrected chi connectivity index (χ2v) is 7.79. The van der Waals surface area contributed by atoms with Crippen molar-refractivity contribution in [3.05, 3.63) is 58.6 Å². The normalized spacial score (nSPS) is 10.8. The second-order valence-electron chi connectivity index (χ2n) is 6.24. The van der Waals surface area contributed by atoms with Crippen LogP contribution in [0.1, 0.15) is 17.5 Å². The largest absolute Gasteiger partial charge is 0.495 e. The lowest BCUT2D eigenvalue weighted by Crippen LogP contribution is -2.13. The van der Waals surface area contributed by atoms with Crippen LogP contribution in [0.25, 0.3) is 10.9 Å². The molecule has 0 aliphatic heterocycles. The lowest BCUT2D eigenvalue weighted by Gasteiger charge is -2.11. The van der Waals surface area contributed by atoms with Crippen molar-refractivity contribution in [2.45, 2.75) is 25.3 Å². The van der Waals surface area contributed by atoms with E-state index >= 15 is 0 Å². The number of anilines is 1. The molecule has 1 heterocycles. The molecular weight excluding hydrogens is 380 g/mol. The summed E-state index contributed by atoms with van der Waals surface area (Å²) >= 11 is 7.58. The average Bonchev–Trinajstić information content (AvgIpc) is 2.63. The number of benzene rings is 2. The van der Waals surface area contributed by atoms with Gasteiger partial charge in [0, 0.05) is 22.6 Å². The van der Waals surface area contributed by atoms with Crippen molar-refractivity contribution in [3.8, 4) is 5.75 Å². The van der Waals surface area contributed by atoms with Gasteiger partial charge < -0.3 is 10.1 Å². The minimum atomic E-state index is -0.0863.